The van der Waals surface area contributed by atoms with Gasteiger partial charge in [0.25, 0.3) is 0 Å². The van der Waals surface area contributed by atoms with Crippen molar-refractivity contribution in [2.75, 3.05) is 11.4 Å². The fourth-order valence-electron chi connectivity index (χ4n) is 2.98. The first-order valence-corrected chi connectivity index (χ1v) is 8.29. The summed E-state index contributed by atoms with van der Waals surface area (Å²) in [6.07, 6.45) is 3.13. The molecule has 110 valence electrons. The molecular formula is C18H20BrNO. The molecule has 0 aromatic heterocycles. The van der Waals surface area contributed by atoms with Gasteiger partial charge in [0, 0.05) is 22.4 Å². The number of halogens is 1. The van der Waals surface area contributed by atoms with E-state index in [1.807, 2.05) is 6.07 Å². The standard InChI is InChI=1S/C18H20BrNO/c1-13(21)16-10-9-15(12-17(16)19)20-11-5-4-7-14-6-2-3-8-18(14)20/h2-3,6,8-10,12-13,21H,4-5,7,11H2,1H3/t13-/m1/s1. The van der Waals surface area contributed by atoms with Crippen LogP contribution in [0, 0.1) is 0 Å². The molecule has 1 heterocycles. The number of hydrogen-bond donors (Lipinski definition) is 1. The summed E-state index contributed by atoms with van der Waals surface area (Å²) in [7, 11) is 0. The van der Waals surface area contributed by atoms with Crippen molar-refractivity contribution in [2.24, 2.45) is 0 Å². The first kappa shape index (κ1) is 14.6. The van der Waals surface area contributed by atoms with Crippen molar-refractivity contribution in [3.63, 3.8) is 0 Å². The van der Waals surface area contributed by atoms with Crippen LogP contribution in [0.1, 0.15) is 37.0 Å². The van der Waals surface area contributed by atoms with E-state index in [0.29, 0.717) is 0 Å². The summed E-state index contributed by atoms with van der Waals surface area (Å²) in [6.45, 7) is 2.83. The Labute approximate surface area is 134 Å². The molecule has 2 aromatic carbocycles. The lowest BCUT2D eigenvalue weighted by Gasteiger charge is -2.26. The van der Waals surface area contributed by atoms with Crippen LogP contribution < -0.4 is 4.90 Å². The van der Waals surface area contributed by atoms with Crippen LogP contribution in [0.3, 0.4) is 0 Å². The molecule has 2 aromatic rings. The minimum atomic E-state index is -0.454. The van der Waals surface area contributed by atoms with E-state index in [0.717, 1.165) is 23.0 Å². The third kappa shape index (κ3) is 2.99. The van der Waals surface area contributed by atoms with E-state index < -0.39 is 6.10 Å². The van der Waals surface area contributed by atoms with Crippen LogP contribution >= 0.6 is 15.9 Å². The molecule has 1 aliphatic rings. The third-order valence-corrected chi connectivity index (χ3v) is 4.79. The fourth-order valence-corrected chi connectivity index (χ4v) is 3.68. The SMILES string of the molecule is C[C@@H](O)c1ccc(N2CCCCc3ccccc32)cc1Br. The zero-order valence-corrected chi connectivity index (χ0v) is 13.8. The van der Waals surface area contributed by atoms with Gasteiger partial charge in [0.1, 0.15) is 0 Å². The molecule has 0 fully saturated rings. The van der Waals surface area contributed by atoms with Crippen molar-refractivity contribution < 1.29 is 5.11 Å². The molecule has 3 heteroatoms. The van der Waals surface area contributed by atoms with E-state index in [1.54, 1.807) is 6.92 Å². The second kappa shape index (κ2) is 6.20. The van der Waals surface area contributed by atoms with Crippen molar-refractivity contribution in [1.29, 1.82) is 0 Å². The van der Waals surface area contributed by atoms with Crippen molar-refractivity contribution in [3.05, 3.63) is 58.1 Å². The molecule has 3 rings (SSSR count). The molecule has 2 nitrogen and oxygen atoms in total. The number of anilines is 2. The smallest absolute Gasteiger partial charge is 0.0772 e. The quantitative estimate of drug-likeness (QED) is 0.829. The first-order chi connectivity index (χ1) is 10.2. The number of aliphatic hydroxyl groups is 1. The minimum Gasteiger partial charge on any atom is -0.389 e. The van der Waals surface area contributed by atoms with Gasteiger partial charge in [-0.05, 0) is 55.5 Å². The molecule has 21 heavy (non-hydrogen) atoms. The second-order valence-electron chi connectivity index (χ2n) is 5.62. The van der Waals surface area contributed by atoms with E-state index in [4.69, 9.17) is 0 Å². The van der Waals surface area contributed by atoms with Gasteiger partial charge in [0.15, 0.2) is 0 Å². The van der Waals surface area contributed by atoms with E-state index >= 15 is 0 Å². The van der Waals surface area contributed by atoms with Gasteiger partial charge < -0.3 is 10.0 Å². The van der Waals surface area contributed by atoms with E-state index in [1.165, 1.54) is 29.8 Å². The lowest BCUT2D eigenvalue weighted by atomic mass is 10.1. The summed E-state index contributed by atoms with van der Waals surface area (Å²) in [4.78, 5) is 2.39. The molecule has 0 unspecified atom stereocenters. The predicted molar refractivity (Wildman–Crippen MR) is 91.2 cm³/mol. The monoisotopic (exact) mass is 345 g/mol. The Morgan fingerprint density at radius 3 is 2.71 bits per heavy atom. The number of aliphatic hydroxyl groups excluding tert-OH is 1. The van der Waals surface area contributed by atoms with Gasteiger partial charge in [-0.2, -0.15) is 0 Å². The number of hydrogen-bond acceptors (Lipinski definition) is 2. The van der Waals surface area contributed by atoms with Crippen molar-refractivity contribution in [1.82, 2.24) is 0 Å². The highest BCUT2D eigenvalue weighted by Gasteiger charge is 2.17. The fraction of sp³-hybridized carbons (Fsp3) is 0.333. The van der Waals surface area contributed by atoms with Crippen LogP contribution in [-0.2, 0) is 6.42 Å². The molecule has 0 amide bonds. The topological polar surface area (TPSA) is 23.5 Å². The first-order valence-electron chi connectivity index (χ1n) is 7.50. The van der Waals surface area contributed by atoms with Gasteiger partial charge in [-0.25, -0.2) is 0 Å². The second-order valence-corrected chi connectivity index (χ2v) is 6.47. The molecule has 0 radical (unpaired) electrons. The Balaban J connectivity index is 2.02. The van der Waals surface area contributed by atoms with Crippen LogP contribution in [0.4, 0.5) is 11.4 Å². The highest BCUT2D eigenvalue weighted by atomic mass is 79.9. The third-order valence-electron chi connectivity index (χ3n) is 4.11. The Hall–Kier alpha value is -1.32. The van der Waals surface area contributed by atoms with Crippen LogP contribution in [-0.4, -0.2) is 11.7 Å². The lowest BCUT2D eigenvalue weighted by Crippen LogP contribution is -2.18. The number of fused-ring (bicyclic) bond motifs is 1. The molecular weight excluding hydrogens is 326 g/mol. The number of aryl methyl sites for hydroxylation is 1. The van der Waals surface area contributed by atoms with Crippen molar-refractivity contribution in [3.8, 4) is 0 Å². The van der Waals surface area contributed by atoms with Crippen LogP contribution in [0.25, 0.3) is 0 Å². The molecule has 0 bridgehead atoms. The van der Waals surface area contributed by atoms with Crippen molar-refractivity contribution >= 4 is 27.3 Å². The van der Waals surface area contributed by atoms with Crippen LogP contribution in [0.15, 0.2) is 46.9 Å². The minimum absolute atomic E-state index is 0.454. The Morgan fingerprint density at radius 2 is 1.95 bits per heavy atom. The molecule has 0 spiro atoms. The molecule has 0 saturated carbocycles. The maximum absolute atomic E-state index is 9.76. The summed E-state index contributed by atoms with van der Waals surface area (Å²) in [5, 5.41) is 9.76. The van der Waals surface area contributed by atoms with Crippen molar-refractivity contribution in [2.45, 2.75) is 32.3 Å². The van der Waals surface area contributed by atoms with E-state index in [2.05, 4.69) is 57.2 Å². The van der Waals surface area contributed by atoms with Gasteiger partial charge in [0.05, 0.1) is 6.10 Å². The Kier molecular flexibility index (Phi) is 4.32. The summed E-state index contributed by atoms with van der Waals surface area (Å²) in [5.74, 6) is 0. The van der Waals surface area contributed by atoms with Gasteiger partial charge in [0.2, 0.25) is 0 Å². The summed E-state index contributed by atoms with van der Waals surface area (Å²) >= 11 is 3.59. The van der Waals surface area contributed by atoms with Crippen LogP contribution in [0.5, 0.6) is 0 Å². The number of benzene rings is 2. The van der Waals surface area contributed by atoms with Gasteiger partial charge in [-0.1, -0.05) is 40.2 Å². The molecule has 0 aliphatic carbocycles. The van der Waals surface area contributed by atoms with Gasteiger partial charge >= 0.3 is 0 Å². The number of para-hydroxylation sites is 1. The average Bonchev–Trinajstić information content (AvgIpc) is 2.69. The highest BCUT2D eigenvalue weighted by Crippen LogP contribution is 2.35. The average molecular weight is 346 g/mol. The summed E-state index contributed by atoms with van der Waals surface area (Å²) in [6, 6.07) is 14.9. The molecule has 0 saturated heterocycles. The Bertz CT molecular complexity index is 639. The predicted octanol–water partition coefficient (Wildman–Crippen LogP) is 4.98. The zero-order valence-electron chi connectivity index (χ0n) is 12.2. The van der Waals surface area contributed by atoms with Crippen LogP contribution in [0.2, 0.25) is 0 Å². The highest BCUT2D eigenvalue weighted by molar-refractivity contribution is 9.10. The normalized spacial score (nSPS) is 16.2. The summed E-state index contributed by atoms with van der Waals surface area (Å²) in [5.41, 5.74) is 4.85. The molecule has 1 N–H and O–H groups in total. The summed E-state index contributed by atoms with van der Waals surface area (Å²) < 4.78 is 0.969. The lowest BCUT2D eigenvalue weighted by molar-refractivity contribution is 0.198. The zero-order chi connectivity index (χ0) is 14.8. The van der Waals surface area contributed by atoms with E-state index in [9.17, 15) is 5.11 Å². The molecule has 1 aliphatic heterocycles. The van der Waals surface area contributed by atoms with Gasteiger partial charge in [-0.3, -0.25) is 0 Å². The number of rotatable bonds is 2. The number of nitrogens with zero attached hydrogens (tertiary/aromatic N) is 1. The van der Waals surface area contributed by atoms with E-state index in [-0.39, 0.29) is 0 Å². The largest absolute Gasteiger partial charge is 0.389 e. The maximum Gasteiger partial charge on any atom is 0.0772 e. The molecule has 1 atom stereocenters. The maximum atomic E-state index is 9.76. The van der Waals surface area contributed by atoms with Gasteiger partial charge in [-0.15, -0.1) is 0 Å². The Morgan fingerprint density at radius 1 is 1.14 bits per heavy atom.